The van der Waals surface area contributed by atoms with Gasteiger partial charge in [-0.15, -0.1) is 11.3 Å². The molecule has 0 radical (unpaired) electrons. The molecular formula is C26H26N2O4S2. The van der Waals surface area contributed by atoms with Crippen LogP contribution in [-0.2, 0) is 17.8 Å². The molecule has 1 aliphatic heterocycles. The van der Waals surface area contributed by atoms with Crippen molar-refractivity contribution in [1.82, 2.24) is 4.57 Å². The zero-order chi connectivity index (χ0) is 24.4. The summed E-state index contributed by atoms with van der Waals surface area (Å²) in [5, 5.41) is 9.44. The van der Waals surface area contributed by atoms with Crippen LogP contribution in [0.15, 0.2) is 52.2 Å². The largest absolute Gasteiger partial charge is 0.480 e. The number of ketones is 1. The lowest BCUT2D eigenvalue weighted by Crippen LogP contribution is -2.34. The summed E-state index contributed by atoms with van der Waals surface area (Å²) >= 11 is 2.50. The van der Waals surface area contributed by atoms with E-state index >= 15 is 0 Å². The van der Waals surface area contributed by atoms with E-state index in [0.29, 0.717) is 19.7 Å². The van der Waals surface area contributed by atoms with Crippen molar-refractivity contribution in [3.05, 3.63) is 78.7 Å². The number of carboxylic acid groups (broad SMARTS) is 1. The number of thiazole rings is 1. The summed E-state index contributed by atoms with van der Waals surface area (Å²) in [5.41, 5.74) is 3.22. The molecule has 0 unspecified atom stereocenters. The number of carboxylic acids is 1. The van der Waals surface area contributed by atoms with Crippen LogP contribution in [0.3, 0.4) is 0 Å². The number of aromatic nitrogens is 1. The second kappa shape index (κ2) is 10.0. The minimum atomic E-state index is -1.13. The molecular weight excluding hydrogens is 468 g/mol. The number of rotatable bonds is 7. The van der Waals surface area contributed by atoms with Crippen molar-refractivity contribution in [2.75, 3.05) is 18.0 Å². The highest BCUT2D eigenvalue weighted by molar-refractivity contribution is 8.10. The third kappa shape index (κ3) is 4.48. The molecule has 1 aliphatic rings. The van der Waals surface area contributed by atoms with E-state index in [-0.39, 0.29) is 5.78 Å². The average Bonchev–Trinajstić information content (AvgIpc) is 3.32. The van der Waals surface area contributed by atoms with Crippen LogP contribution in [0.1, 0.15) is 42.3 Å². The maximum atomic E-state index is 13.2. The van der Waals surface area contributed by atoms with Crippen molar-refractivity contribution in [2.45, 2.75) is 38.6 Å². The Labute approximate surface area is 205 Å². The molecule has 6 nitrogen and oxygen atoms in total. The Balaban J connectivity index is 1.86. The number of carbonyl (C=O) groups is 2. The smallest absolute Gasteiger partial charge is 0.323 e. The molecule has 0 bridgehead atoms. The van der Waals surface area contributed by atoms with E-state index in [2.05, 4.69) is 18.7 Å². The molecule has 34 heavy (non-hydrogen) atoms. The standard InChI is InChI=1S/C26H26N2O4S2/c1-4-17-8-7-9-19-22(31)24(34-23(17)19)26-28(15-21(29)30)25(32)20(33-26)14-16-10-12-18(13-11-16)27(5-2)6-3/h7-14H,4-6,15H2,1-3H3,(H,29,30)/b20-14-,26-24+. The van der Waals surface area contributed by atoms with E-state index in [1.54, 1.807) is 12.1 Å². The lowest BCUT2D eigenvalue weighted by atomic mass is 10.1. The first-order valence-corrected chi connectivity index (χ1v) is 12.9. The third-order valence-electron chi connectivity index (χ3n) is 5.85. The maximum absolute atomic E-state index is 13.2. The van der Waals surface area contributed by atoms with Gasteiger partial charge >= 0.3 is 5.97 Å². The minimum Gasteiger partial charge on any atom is -0.480 e. The monoisotopic (exact) mass is 494 g/mol. The highest BCUT2D eigenvalue weighted by atomic mass is 32.2. The van der Waals surface area contributed by atoms with Gasteiger partial charge in [-0.3, -0.25) is 19.0 Å². The summed E-state index contributed by atoms with van der Waals surface area (Å²) in [6.45, 7) is 7.55. The maximum Gasteiger partial charge on any atom is 0.323 e. The first-order chi connectivity index (χ1) is 16.4. The van der Waals surface area contributed by atoms with Gasteiger partial charge in [0.05, 0.1) is 9.44 Å². The van der Waals surface area contributed by atoms with Crippen molar-refractivity contribution < 1.29 is 14.7 Å². The summed E-state index contributed by atoms with van der Waals surface area (Å²) in [5.74, 6) is -1.29. The SMILES string of the molecule is CCc1cccc2c1S/C(=c1/s/c(=C\c3ccc(N(CC)CC)cc3)c(=O)n1CC(=O)O)C2=O. The van der Waals surface area contributed by atoms with Crippen LogP contribution in [-0.4, -0.2) is 34.5 Å². The van der Waals surface area contributed by atoms with E-state index in [1.165, 1.54) is 27.7 Å². The van der Waals surface area contributed by atoms with E-state index in [9.17, 15) is 19.5 Å². The molecule has 0 fully saturated rings. The van der Waals surface area contributed by atoms with Gasteiger partial charge in [0, 0.05) is 29.2 Å². The molecule has 2 heterocycles. The number of hydrogen-bond acceptors (Lipinski definition) is 6. The second-order valence-corrected chi connectivity index (χ2v) is 9.92. The van der Waals surface area contributed by atoms with Crippen molar-refractivity contribution in [3.63, 3.8) is 0 Å². The molecule has 4 rings (SSSR count). The molecule has 0 amide bonds. The van der Waals surface area contributed by atoms with E-state index < -0.39 is 18.1 Å². The number of fused-ring (bicyclic) bond motifs is 1. The fourth-order valence-electron chi connectivity index (χ4n) is 4.06. The quantitative estimate of drug-likeness (QED) is 0.543. The Hall–Kier alpha value is -3.10. The van der Waals surface area contributed by atoms with Gasteiger partial charge in [-0.1, -0.05) is 43.0 Å². The number of nitrogens with zero attached hydrogens (tertiary/aromatic N) is 2. The van der Waals surface area contributed by atoms with Gasteiger partial charge in [-0.25, -0.2) is 0 Å². The first kappa shape index (κ1) is 24.0. The van der Waals surface area contributed by atoms with Crippen molar-refractivity contribution in [3.8, 4) is 0 Å². The topological polar surface area (TPSA) is 79.6 Å². The number of Topliss-reactive ketones (excluding diaryl/α,β-unsaturated/α-hetero) is 1. The molecule has 2 aromatic carbocycles. The number of benzene rings is 2. The number of aliphatic carboxylic acids is 1. The minimum absolute atomic E-state index is 0.161. The molecule has 176 valence electrons. The Morgan fingerprint density at radius 2 is 1.76 bits per heavy atom. The lowest BCUT2D eigenvalue weighted by molar-refractivity contribution is -0.137. The summed E-state index contributed by atoms with van der Waals surface area (Å²) in [6, 6.07) is 13.5. The first-order valence-electron chi connectivity index (χ1n) is 11.2. The van der Waals surface area contributed by atoms with Gasteiger partial charge < -0.3 is 10.0 Å². The number of hydrogen-bond donors (Lipinski definition) is 1. The van der Waals surface area contributed by atoms with Gasteiger partial charge in [0.1, 0.15) is 11.2 Å². The predicted octanol–water partition coefficient (Wildman–Crippen LogP) is 3.33. The van der Waals surface area contributed by atoms with E-state index in [1.807, 2.05) is 43.3 Å². The van der Waals surface area contributed by atoms with Crippen LogP contribution in [0.25, 0.3) is 11.0 Å². The lowest BCUT2D eigenvalue weighted by Gasteiger charge is -2.20. The molecule has 3 aromatic rings. The molecule has 1 aromatic heterocycles. The number of aryl methyl sites for hydroxylation is 1. The van der Waals surface area contributed by atoms with E-state index in [0.717, 1.165) is 41.2 Å². The zero-order valence-electron chi connectivity index (χ0n) is 19.3. The van der Waals surface area contributed by atoms with Crippen molar-refractivity contribution >= 4 is 51.5 Å². The van der Waals surface area contributed by atoms with Crippen LogP contribution in [0.2, 0.25) is 0 Å². The second-order valence-electron chi connectivity index (χ2n) is 7.87. The Morgan fingerprint density at radius 3 is 2.38 bits per heavy atom. The van der Waals surface area contributed by atoms with Crippen LogP contribution in [0.5, 0.6) is 0 Å². The third-order valence-corrected chi connectivity index (χ3v) is 8.38. The number of thioether (sulfide) groups is 1. The molecule has 1 N–H and O–H groups in total. The van der Waals surface area contributed by atoms with Gasteiger partial charge in [-0.2, -0.15) is 0 Å². The predicted molar refractivity (Wildman–Crippen MR) is 138 cm³/mol. The fourth-order valence-corrected chi connectivity index (χ4v) is 6.58. The summed E-state index contributed by atoms with van der Waals surface area (Å²) in [7, 11) is 0. The molecule has 0 saturated heterocycles. The van der Waals surface area contributed by atoms with Crippen LogP contribution < -0.4 is 19.7 Å². The van der Waals surface area contributed by atoms with Crippen LogP contribution in [0, 0.1) is 0 Å². The zero-order valence-corrected chi connectivity index (χ0v) is 21.0. The fraction of sp³-hybridized carbons (Fsp3) is 0.269. The molecule has 0 atom stereocenters. The highest BCUT2D eigenvalue weighted by Gasteiger charge is 2.30. The van der Waals surface area contributed by atoms with Crippen LogP contribution in [0.4, 0.5) is 5.69 Å². The van der Waals surface area contributed by atoms with Crippen molar-refractivity contribution in [2.24, 2.45) is 0 Å². The number of anilines is 1. The Bertz CT molecular complexity index is 1430. The van der Waals surface area contributed by atoms with Gasteiger partial charge in [0.25, 0.3) is 5.56 Å². The van der Waals surface area contributed by atoms with Gasteiger partial charge in [0.15, 0.2) is 0 Å². The van der Waals surface area contributed by atoms with Gasteiger partial charge in [0.2, 0.25) is 5.78 Å². The average molecular weight is 495 g/mol. The Kier molecular flexibility index (Phi) is 7.09. The molecule has 0 spiro atoms. The normalized spacial score (nSPS) is 15.0. The molecule has 8 heteroatoms. The Morgan fingerprint density at radius 1 is 1.06 bits per heavy atom. The summed E-state index contributed by atoms with van der Waals surface area (Å²) in [6.07, 6.45) is 2.54. The summed E-state index contributed by atoms with van der Waals surface area (Å²) < 4.78 is 2.01. The van der Waals surface area contributed by atoms with Crippen LogP contribution >= 0.6 is 23.1 Å². The summed E-state index contributed by atoms with van der Waals surface area (Å²) in [4.78, 5) is 41.5. The van der Waals surface area contributed by atoms with E-state index in [4.69, 9.17) is 0 Å². The molecule has 0 aliphatic carbocycles. The van der Waals surface area contributed by atoms with Gasteiger partial charge in [-0.05, 0) is 55.7 Å². The highest BCUT2D eigenvalue weighted by Crippen LogP contribution is 2.42. The molecule has 0 saturated carbocycles. The van der Waals surface area contributed by atoms with Crippen molar-refractivity contribution in [1.29, 1.82) is 0 Å². The number of carbonyl (C=O) groups excluding carboxylic acids is 1.